The third-order valence-electron chi connectivity index (χ3n) is 2.58. The maximum atomic E-state index is 13.1. The van der Waals surface area contributed by atoms with Gasteiger partial charge in [0, 0.05) is 0 Å². The monoisotopic (exact) mass is 300 g/mol. The van der Waals surface area contributed by atoms with Crippen molar-refractivity contribution in [1.29, 1.82) is 0 Å². The summed E-state index contributed by atoms with van der Waals surface area (Å²) in [6.07, 6.45) is -4.82. The van der Waals surface area contributed by atoms with E-state index in [0.29, 0.717) is 12.1 Å². The number of carboxylic acid groups (broad SMARTS) is 1. The smallest absolute Gasteiger partial charge is 0.419 e. The van der Waals surface area contributed by atoms with Crippen LogP contribution in [0, 0.1) is 5.82 Å². The molecule has 2 aromatic rings. The summed E-state index contributed by atoms with van der Waals surface area (Å²) >= 11 is 0. The van der Waals surface area contributed by atoms with Crippen LogP contribution in [0.15, 0.2) is 42.5 Å². The van der Waals surface area contributed by atoms with Crippen LogP contribution in [-0.4, -0.2) is 11.1 Å². The lowest BCUT2D eigenvalue weighted by Crippen LogP contribution is -2.08. The van der Waals surface area contributed by atoms with Crippen LogP contribution in [0.2, 0.25) is 0 Å². The lowest BCUT2D eigenvalue weighted by molar-refractivity contribution is -0.140. The predicted octanol–water partition coefficient (Wildman–Crippen LogP) is 4.34. The number of benzene rings is 2. The fraction of sp³-hybridized carbons (Fsp3) is 0.0714. The third-order valence-corrected chi connectivity index (χ3v) is 2.58. The van der Waals surface area contributed by atoms with Crippen molar-refractivity contribution in [3.05, 3.63) is 59.4 Å². The highest BCUT2D eigenvalue weighted by Crippen LogP contribution is 2.34. The Morgan fingerprint density at radius 3 is 2.10 bits per heavy atom. The minimum Gasteiger partial charge on any atom is -0.478 e. The second kappa shape index (κ2) is 5.43. The van der Waals surface area contributed by atoms with Crippen molar-refractivity contribution in [3.63, 3.8) is 0 Å². The molecule has 3 nitrogen and oxygen atoms in total. The number of rotatable bonds is 3. The molecule has 0 amide bonds. The highest BCUT2D eigenvalue weighted by Gasteiger charge is 2.34. The standard InChI is InChI=1S/C14H8F4O3/c15-12-6-5-10(7-11(12)14(16,17)18)21-9-3-1-8(2-4-9)13(19)20/h1-7H,(H,19,20). The van der Waals surface area contributed by atoms with Crippen LogP contribution in [0.25, 0.3) is 0 Å². The molecule has 0 spiro atoms. The first-order valence-electron chi connectivity index (χ1n) is 5.65. The Kier molecular flexibility index (Phi) is 3.84. The molecule has 0 unspecified atom stereocenters. The van der Waals surface area contributed by atoms with Gasteiger partial charge in [0.15, 0.2) is 0 Å². The summed E-state index contributed by atoms with van der Waals surface area (Å²) in [7, 11) is 0. The molecule has 0 aliphatic rings. The molecule has 0 radical (unpaired) electrons. The molecule has 2 aromatic carbocycles. The van der Waals surface area contributed by atoms with Gasteiger partial charge in [0.2, 0.25) is 0 Å². The van der Waals surface area contributed by atoms with Crippen LogP contribution in [0.5, 0.6) is 11.5 Å². The number of ether oxygens (including phenoxy) is 1. The quantitative estimate of drug-likeness (QED) is 0.858. The molecule has 1 N–H and O–H groups in total. The van der Waals surface area contributed by atoms with E-state index in [1.807, 2.05) is 0 Å². The van der Waals surface area contributed by atoms with Crippen molar-refractivity contribution in [2.45, 2.75) is 6.18 Å². The zero-order valence-electron chi connectivity index (χ0n) is 10.3. The third kappa shape index (κ3) is 3.50. The molecule has 21 heavy (non-hydrogen) atoms. The molecule has 0 saturated carbocycles. The van der Waals surface area contributed by atoms with E-state index in [1.165, 1.54) is 24.3 Å². The molecule has 2 rings (SSSR count). The van der Waals surface area contributed by atoms with Gasteiger partial charge in [-0.2, -0.15) is 13.2 Å². The van der Waals surface area contributed by atoms with Crippen molar-refractivity contribution in [3.8, 4) is 11.5 Å². The average molecular weight is 300 g/mol. The predicted molar refractivity (Wildman–Crippen MR) is 64.9 cm³/mol. The number of aromatic carboxylic acids is 1. The second-order valence-corrected chi connectivity index (χ2v) is 4.07. The molecule has 0 aliphatic heterocycles. The first-order chi connectivity index (χ1) is 9.77. The lowest BCUT2D eigenvalue weighted by Gasteiger charge is -2.11. The molecule has 0 aromatic heterocycles. The maximum Gasteiger partial charge on any atom is 0.419 e. The van der Waals surface area contributed by atoms with Crippen LogP contribution in [0.4, 0.5) is 17.6 Å². The summed E-state index contributed by atoms with van der Waals surface area (Å²) in [5.74, 6) is -2.59. The van der Waals surface area contributed by atoms with E-state index in [9.17, 15) is 22.4 Å². The number of carboxylic acids is 1. The van der Waals surface area contributed by atoms with Crippen molar-refractivity contribution in [2.24, 2.45) is 0 Å². The summed E-state index contributed by atoms with van der Waals surface area (Å²) in [4.78, 5) is 10.7. The minimum absolute atomic E-state index is 0.0115. The lowest BCUT2D eigenvalue weighted by atomic mass is 10.2. The van der Waals surface area contributed by atoms with Crippen LogP contribution in [0.1, 0.15) is 15.9 Å². The van der Waals surface area contributed by atoms with E-state index in [4.69, 9.17) is 9.84 Å². The summed E-state index contributed by atoms with van der Waals surface area (Å²) in [5.41, 5.74) is -1.42. The van der Waals surface area contributed by atoms with Gasteiger partial charge >= 0.3 is 12.1 Å². The van der Waals surface area contributed by atoms with Crippen molar-refractivity contribution < 1.29 is 32.2 Å². The highest BCUT2D eigenvalue weighted by atomic mass is 19.4. The largest absolute Gasteiger partial charge is 0.478 e. The van der Waals surface area contributed by atoms with E-state index < -0.39 is 23.5 Å². The summed E-state index contributed by atoms with van der Waals surface area (Å²) < 4.78 is 55.9. The Bertz CT molecular complexity index is 663. The van der Waals surface area contributed by atoms with E-state index in [1.54, 1.807) is 0 Å². The highest BCUT2D eigenvalue weighted by molar-refractivity contribution is 5.87. The zero-order chi connectivity index (χ0) is 15.6. The minimum atomic E-state index is -4.82. The Hall–Kier alpha value is -2.57. The Labute approximate surface area is 116 Å². The number of hydrogen-bond acceptors (Lipinski definition) is 2. The Morgan fingerprint density at radius 1 is 1.00 bits per heavy atom. The fourth-order valence-electron chi connectivity index (χ4n) is 1.59. The summed E-state index contributed by atoms with van der Waals surface area (Å²) in [6, 6.07) is 7.32. The second-order valence-electron chi connectivity index (χ2n) is 4.07. The summed E-state index contributed by atoms with van der Waals surface area (Å²) in [6.45, 7) is 0. The van der Waals surface area contributed by atoms with Gasteiger partial charge in [-0.1, -0.05) is 0 Å². The molecule has 0 fully saturated rings. The topological polar surface area (TPSA) is 46.5 Å². The van der Waals surface area contributed by atoms with E-state index in [2.05, 4.69) is 0 Å². The number of hydrogen-bond donors (Lipinski definition) is 1. The first-order valence-corrected chi connectivity index (χ1v) is 5.65. The Morgan fingerprint density at radius 2 is 1.57 bits per heavy atom. The molecule has 0 aliphatic carbocycles. The van der Waals surface area contributed by atoms with E-state index in [-0.39, 0.29) is 17.1 Å². The van der Waals surface area contributed by atoms with Crippen LogP contribution in [-0.2, 0) is 6.18 Å². The van der Waals surface area contributed by atoms with Crippen LogP contribution in [0.3, 0.4) is 0 Å². The first kappa shape index (κ1) is 14.8. The number of halogens is 4. The van der Waals surface area contributed by atoms with Gasteiger partial charge in [0.05, 0.1) is 11.1 Å². The van der Waals surface area contributed by atoms with Crippen molar-refractivity contribution in [2.75, 3.05) is 0 Å². The SMILES string of the molecule is O=C(O)c1ccc(Oc2ccc(F)c(C(F)(F)F)c2)cc1. The van der Waals surface area contributed by atoms with Gasteiger partial charge in [0.25, 0.3) is 0 Å². The van der Waals surface area contributed by atoms with E-state index in [0.717, 1.165) is 6.07 Å². The zero-order valence-corrected chi connectivity index (χ0v) is 10.3. The molecule has 0 bridgehead atoms. The van der Waals surface area contributed by atoms with Gasteiger partial charge in [0.1, 0.15) is 17.3 Å². The average Bonchev–Trinajstić information content (AvgIpc) is 2.40. The molecular weight excluding hydrogens is 292 g/mol. The summed E-state index contributed by atoms with van der Waals surface area (Å²) in [5, 5.41) is 8.71. The molecule has 0 heterocycles. The molecule has 0 atom stereocenters. The fourth-order valence-corrected chi connectivity index (χ4v) is 1.59. The van der Waals surface area contributed by atoms with Gasteiger partial charge in [-0.15, -0.1) is 0 Å². The van der Waals surface area contributed by atoms with Gasteiger partial charge in [-0.3, -0.25) is 0 Å². The van der Waals surface area contributed by atoms with Crippen LogP contribution >= 0.6 is 0 Å². The van der Waals surface area contributed by atoms with E-state index >= 15 is 0 Å². The molecule has 7 heteroatoms. The van der Waals surface area contributed by atoms with Gasteiger partial charge < -0.3 is 9.84 Å². The van der Waals surface area contributed by atoms with Gasteiger partial charge in [-0.25, -0.2) is 9.18 Å². The molecular formula is C14H8F4O3. The number of carbonyl (C=O) groups is 1. The maximum absolute atomic E-state index is 13.1. The normalized spacial score (nSPS) is 11.2. The number of alkyl halides is 3. The molecule has 110 valence electrons. The van der Waals surface area contributed by atoms with Crippen molar-refractivity contribution in [1.82, 2.24) is 0 Å². The van der Waals surface area contributed by atoms with Crippen LogP contribution < -0.4 is 4.74 Å². The van der Waals surface area contributed by atoms with Gasteiger partial charge in [-0.05, 0) is 42.5 Å². The van der Waals surface area contributed by atoms with Crippen molar-refractivity contribution >= 4 is 5.97 Å². The molecule has 0 saturated heterocycles. The Balaban J connectivity index is 2.26.